The highest BCUT2D eigenvalue weighted by Crippen LogP contribution is 2.39. The molecule has 1 aromatic carbocycles. The van der Waals surface area contributed by atoms with E-state index in [-0.39, 0.29) is 29.6 Å². The van der Waals surface area contributed by atoms with Gasteiger partial charge >= 0.3 is 0 Å². The molecule has 24 heavy (non-hydrogen) atoms. The molecule has 3 aliphatic rings. The molecule has 2 aliphatic heterocycles. The molecule has 2 heterocycles. The summed E-state index contributed by atoms with van der Waals surface area (Å²) < 4.78 is 0. The van der Waals surface area contributed by atoms with Crippen molar-refractivity contribution < 1.29 is 9.59 Å². The van der Waals surface area contributed by atoms with E-state index in [1.807, 2.05) is 20.0 Å². The Morgan fingerprint density at radius 2 is 1.83 bits per heavy atom. The van der Waals surface area contributed by atoms with Gasteiger partial charge in [-0.2, -0.15) is 5.10 Å². The van der Waals surface area contributed by atoms with Gasteiger partial charge in [0.25, 0.3) is 0 Å². The van der Waals surface area contributed by atoms with Gasteiger partial charge in [0.2, 0.25) is 11.8 Å². The summed E-state index contributed by atoms with van der Waals surface area (Å²) in [6, 6.07) is 6.25. The fourth-order valence-corrected chi connectivity index (χ4v) is 4.48. The number of hydrazone groups is 1. The van der Waals surface area contributed by atoms with Crippen LogP contribution >= 0.6 is 0 Å². The van der Waals surface area contributed by atoms with E-state index < -0.39 is 0 Å². The molecule has 1 aliphatic carbocycles. The predicted octanol–water partition coefficient (Wildman–Crippen LogP) is 2.43. The molecule has 0 saturated heterocycles. The Morgan fingerprint density at radius 3 is 2.62 bits per heavy atom. The minimum atomic E-state index is 0.00882. The lowest BCUT2D eigenvalue weighted by Crippen LogP contribution is -2.41. The maximum atomic E-state index is 12.3. The first kappa shape index (κ1) is 15.4. The van der Waals surface area contributed by atoms with Gasteiger partial charge in [-0.15, -0.1) is 0 Å². The van der Waals surface area contributed by atoms with Crippen molar-refractivity contribution in [3.8, 4) is 0 Å². The predicted molar refractivity (Wildman–Crippen MR) is 92.9 cm³/mol. The van der Waals surface area contributed by atoms with Crippen molar-refractivity contribution in [2.24, 2.45) is 22.9 Å². The maximum Gasteiger partial charge on any atom is 0.246 e. The van der Waals surface area contributed by atoms with Gasteiger partial charge in [-0.3, -0.25) is 9.59 Å². The van der Waals surface area contributed by atoms with E-state index in [0.717, 1.165) is 42.6 Å². The molecular weight excluding hydrogens is 302 g/mol. The molecule has 0 N–H and O–H groups in total. The lowest BCUT2D eigenvalue weighted by Gasteiger charge is -2.32. The SMILES string of the molecule is CC1Cc2cc(C3=NN(C)C(=O)C4CCCC34)ccc2N(C)C1=O. The number of hydrogen-bond donors (Lipinski definition) is 0. The summed E-state index contributed by atoms with van der Waals surface area (Å²) in [6.07, 6.45) is 3.86. The highest BCUT2D eigenvalue weighted by atomic mass is 16.2. The molecule has 1 saturated carbocycles. The third kappa shape index (κ3) is 2.18. The molecule has 4 rings (SSSR count). The van der Waals surface area contributed by atoms with Crippen molar-refractivity contribution in [2.45, 2.75) is 32.6 Å². The first-order valence-corrected chi connectivity index (χ1v) is 8.74. The molecule has 126 valence electrons. The molecule has 0 radical (unpaired) electrons. The van der Waals surface area contributed by atoms with Gasteiger partial charge in [0, 0.05) is 37.5 Å². The summed E-state index contributed by atoms with van der Waals surface area (Å²) in [6.45, 7) is 1.98. The number of nitrogens with zero attached hydrogens (tertiary/aromatic N) is 3. The van der Waals surface area contributed by atoms with E-state index in [1.165, 1.54) is 10.6 Å². The number of carbonyl (C=O) groups is 2. The van der Waals surface area contributed by atoms with Crippen LogP contribution in [0, 0.1) is 17.8 Å². The molecule has 3 unspecified atom stereocenters. The van der Waals surface area contributed by atoms with Crippen LogP contribution in [0.2, 0.25) is 0 Å². The Morgan fingerprint density at radius 1 is 1.08 bits per heavy atom. The second-order valence-corrected chi connectivity index (χ2v) is 7.34. The van der Waals surface area contributed by atoms with Crippen LogP contribution in [0.1, 0.15) is 37.3 Å². The number of anilines is 1. The molecular formula is C19H23N3O2. The Labute approximate surface area is 142 Å². The van der Waals surface area contributed by atoms with E-state index in [2.05, 4.69) is 17.2 Å². The topological polar surface area (TPSA) is 53.0 Å². The number of carbonyl (C=O) groups excluding carboxylic acids is 2. The van der Waals surface area contributed by atoms with E-state index in [9.17, 15) is 9.59 Å². The lowest BCUT2D eigenvalue weighted by molar-refractivity contribution is -0.135. The molecule has 1 fully saturated rings. The Bertz CT molecular complexity index is 755. The van der Waals surface area contributed by atoms with Crippen molar-refractivity contribution >= 4 is 23.2 Å². The van der Waals surface area contributed by atoms with E-state index >= 15 is 0 Å². The van der Waals surface area contributed by atoms with Gasteiger partial charge in [-0.1, -0.05) is 19.4 Å². The van der Waals surface area contributed by atoms with Gasteiger partial charge in [0.1, 0.15) is 0 Å². The van der Waals surface area contributed by atoms with Crippen LogP contribution in [-0.4, -0.2) is 36.6 Å². The van der Waals surface area contributed by atoms with Crippen LogP contribution in [0.25, 0.3) is 0 Å². The van der Waals surface area contributed by atoms with Crippen LogP contribution < -0.4 is 4.90 Å². The second kappa shape index (κ2) is 5.43. The lowest BCUT2D eigenvalue weighted by atomic mass is 9.84. The molecule has 3 atom stereocenters. The zero-order valence-corrected chi connectivity index (χ0v) is 14.5. The minimum Gasteiger partial charge on any atom is -0.315 e. The van der Waals surface area contributed by atoms with E-state index in [1.54, 1.807) is 11.9 Å². The van der Waals surface area contributed by atoms with Crippen molar-refractivity contribution in [1.29, 1.82) is 0 Å². The van der Waals surface area contributed by atoms with Crippen LogP contribution in [0.15, 0.2) is 23.3 Å². The summed E-state index contributed by atoms with van der Waals surface area (Å²) in [4.78, 5) is 26.2. The Hall–Kier alpha value is -2.17. The summed E-state index contributed by atoms with van der Waals surface area (Å²) in [7, 11) is 3.60. The monoisotopic (exact) mass is 325 g/mol. The molecule has 5 heteroatoms. The van der Waals surface area contributed by atoms with E-state index in [4.69, 9.17) is 0 Å². The highest BCUT2D eigenvalue weighted by molar-refractivity contribution is 6.07. The number of rotatable bonds is 1. The third-order valence-electron chi connectivity index (χ3n) is 5.78. The van der Waals surface area contributed by atoms with Crippen molar-refractivity contribution in [2.75, 3.05) is 19.0 Å². The smallest absolute Gasteiger partial charge is 0.246 e. The second-order valence-electron chi connectivity index (χ2n) is 7.34. The largest absolute Gasteiger partial charge is 0.315 e. The zero-order chi connectivity index (χ0) is 17.0. The summed E-state index contributed by atoms with van der Waals surface area (Å²) in [5.74, 6) is 0.660. The normalized spacial score (nSPS) is 29.5. The van der Waals surface area contributed by atoms with Gasteiger partial charge in [-0.25, -0.2) is 5.01 Å². The van der Waals surface area contributed by atoms with E-state index in [0.29, 0.717) is 0 Å². The quantitative estimate of drug-likeness (QED) is 0.796. The number of benzene rings is 1. The van der Waals surface area contributed by atoms with Gasteiger partial charge in [0.15, 0.2) is 0 Å². The van der Waals surface area contributed by atoms with Crippen molar-refractivity contribution in [1.82, 2.24) is 5.01 Å². The van der Waals surface area contributed by atoms with Crippen LogP contribution in [0.5, 0.6) is 0 Å². The fourth-order valence-electron chi connectivity index (χ4n) is 4.48. The Kier molecular flexibility index (Phi) is 3.48. The average molecular weight is 325 g/mol. The zero-order valence-electron chi connectivity index (χ0n) is 14.5. The molecule has 0 bridgehead atoms. The molecule has 1 aromatic rings. The average Bonchev–Trinajstić information content (AvgIpc) is 3.05. The summed E-state index contributed by atoms with van der Waals surface area (Å²) >= 11 is 0. The van der Waals surface area contributed by atoms with Crippen molar-refractivity contribution in [3.05, 3.63) is 29.3 Å². The minimum absolute atomic E-state index is 0.00882. The first-order valence-electron chi connectivity index (χ1n) is 8.74. The van der Waals surface area contributed by atoms with Crippen molar-refractivity contribution in [3.63, 3.8) is 0 Å². The summed E-state index contributed by atoms with van der Waals surface area (Å²) in [5.41, 5.74) is 4.32. The highest BCUT2D eigenvalue weighted by Gasteiger charge is 2.42. The number of amides is 2. The van der Waals surface area contributed by atoms with Crippen LogP contribution in [0.4, 0.5) is 5.69 Å². The van der Waals surface area contributed by atoms with Gasteiger partial charge in [-0.05, 0) is 42.5 Å². The number of hydrogen-bond acceptors (Lipinski definition) is 3. The molecule has 5 nitrogen and oxygen atoms in total. The van der Waals surface area contributed by atoms with Gasteiger partial charge < -0.3 is 4.90 Å². The summed E-state index contributed by atoms with van der Waals surface area (Å²) in [5, 5.41) is 6.11. The number of fused-ring (bicyclic) bond motifs is 2. The fraction of sp³-hybridized carbons (Fsp3) is 0.526. The first-order chi connectivity index (χ1) is 11.5. The third-order valence-corrected chi connectivity index (χ3v) is 5.78. The maximum absolute atomic E-state index is 12.3. The van der Waals surface area contributed by atoms with Crippen LogP contribution in [-0.2, 0) is 16.0 Å². The van der Waals surface area contributed by atoms with Gasteiger partial charge in [0.05, 0.1) is 5.71 Å². The molecule has 2 amide bonds. The molecule has 0 aromatic heterocycles. The van der Waals surface area contributed by atoms with Crippen LogP contribution in [0.3, 0.4) is 0 Å². The standard InChI is InChI=1S/C19H23N3O2/c1-11-9-13-10-12(7-8-16(13)21(2)18(11)23)17-14-5-4-6-15(14)19(24)22(3)20-17/h7-8,10-11,14-15H,4-6,9H2,1-3H3. The Balaban J connectivity index is 1.75. The molecule has 0 spiro atoms.